The van der Waals surface area contributed by atoms with Crippen LogP contribution >= 0.6 is 11.8 Å². The molecule has 2 atom stereocenters. The smallest absolute Gasteiger partial charge is 0.251 e. The minimum atomic E-state index is -0.0914. The fraction of sp³-hybridized carbons (Fsp3) is 0.556. The van der Waals surface area contributed by atoms with Gasteiger partial charge in [-0.3, -0.25) is 9.59 Å². The Morgan fingerprint density at radius 2 is 2.21 bits per heavy atom. The molecule has 0 saturated carbocycles. The minimum Gasteiger partial charge on any atom is -0.352 e. The molecule has 1 unspecified atom stereocenters. The number of carbonyl (C=O) groups excluding carboxylic acids is 2. The van der Waals surface area contributed by atoms with E-state index in [9.17, 15) is 9.59 Å². The third kappa shape index (κ3) is 3.75. The Morgan fingerprint density at radius 1 is 1.38 bits per heavy atom. The first-order chi connectivity index (χ1) is 11.6. The van der Waals surface area contributed by atoms with E-state index in [0.717, 1.165) is 47.8 Å². The second kappa shape index (κ2) is 7.57. The third-order valence-electron chi connectivity index (χ3n) is 4.98. The zero-order valence-electron chi connectivity index (χ0n) is 14.3. The lowest BCUT2D eigenvalue weighted by molar-refractivity contribution is -0.131. The lowest BCUT2D eigenvalue weighted by Gasteiger charge is -2.19. The molecule has 0 aromatic heterocycles. The molecule has 1 aromatic rings. The first-order valence-corrected chi connectivity index (χ1v) is 9.66. The van der Waals surface area contributed by atoms with Crippen LogP contribution < -0.4 is 10.6 Å². The number of carbonyl (C=O) groups is 2. The van der Waals surface area contributed by atoms with Crippen LogP contribution in [-0.4, -0.2) is 54.0 Å². The van der Waals surface area contributed by atoms with Crippen LogP contribution in [0.1, 0.15) is 27.9 Å². The second-order valence-electron chi connectivity index (χ2n) is 6.66. The molecule has 5 nitrogen and oxygen atoms in total. The summed E-state index contributed by atoms with van der Waals surface area (Å²) in [5.74, 6) is 2.34. The summed E-state index contributed by atoms with van der Waals surface area (Å²) < 4.78 is 0. The monoisotopic (exact) mass is 347 g/mol. The van der Waals surface area contributed by atoms with Crippen molar-refractivity contribution in [1.82, 2.24) is 15.5 Å². The van der Waals surface area contributed by atoms with Crippen LogP contribution in [0.25, 0.3) is 0 Å². The Hall–Kier alpha value is -1.53. The van der Waals surface area contributed by atoms with Crippen LogP contribution in [0, 0.1) is 19.8 Å². The molecule has 2 saturated heterocycles. The number of amides is 2. The largest absolute Gasteiger partial charge is 0.352 e. The SMILES string of the molecule is Cc1cccc(C(=O)NCC2CN[C@H](C(=O)N3CCSC3)C2)c1C. The van der Waals surface area contributed by atoms with E-state index < -0.39 is 0 Å². The fourth-order valence-corrected chi connectivity index (χ4v) is 4.25. The van der Waals surface area contributed by atoms with Gasteiger partial charge in [0.15, 0.2) is 0 Å². The van der Waals surface area contributed by atoms with Gasteiger partial charge < -0.3 is 15.5 Å². The van der Waals surface area contributed by atoms with Crippen molar-refractivity contribution in [3.8, 4) is 0 Å². The van der Waals surface area contributed by atoms with Gasteiger partial charge in [-0.15, -0.1) is 11.8 Å². The zero-order chi connectivity index (χ0) is 17.1. The number of thioether (sulfide) groups is 1. The molecule has 24 heavy (non-hydrogen) atoms. The van der Waals surface area contributed by atoms with Gasteiger partial charge in [-0.25, -0.2) is 0 Å². The highest BCUT2D eigenvalue weighted by molar-refractivity contribution is 7.99. The maximum Gasteiger partial charge on any atom is 0.251 e. The van der Waals surface area contributed by atoms with Gasteiger partial charge in [0, 0.05) is 31.0 Å². The minimum absolute atomic E-state index is 0.0260. The second-order valence-corrected chi connectivity index (χ2v) is 7.73. The lowest BCUT2D eigenvalue weighted by atomic mass is 10.0. The van der Waals surface area contributed by atoms with Crippen LogP contribution in [0.5, 0.6) is 0 Å². The number of aryl methyl sites for hydroxylation is 1. The summed E-state index contributed by atoms with van der Waals surface area (Å²) in [6, 6.07) is 5.70. The van der Waals surface area contributed by atoms with E-state index in [1.807, 2.05) is 36.9 Å². The van der Waals surface area contributed by atoms with Crippen LogP contribution in [0.15, 0.2) is 18.2 Å². The number of hydrogen-bond donors (Lipinski definition) is 2. The first-order valence-electron chi connectivity index (χ1n) is 8.50. The zero-order valence-corrected chi connectivity index (χ0v) is 15.1. The Balaban J connectivity index is 1.50. The topological polar surface area (TPSA) is 61.4 Å². The van der Waals surface area contributed by atoms with Crippen LogP contribution in [0.4, 0.5) is 0 Å². The highest BCUT2D eigenvalue weighted by Gasteiger charge is 2.33. The molecule has 1 aromatic carbocycles. The summed E-state index contributed by atoms with van der Waals surface area (Å²) in [6.45, 7) is 6.24. The standard InChI is InChI=1S/C18H25N3O2S/c1-12-4-3-5-15(13(12)2)17(22)20-10-14-8-16(19-9-14)18(23)21-6-7-24-11-21/h3-5,14,16,19H,6-11H2,1-2H3,(H,20,22)/t14?,16-/m0/s1. The summed E-state index contributed by atoms with van der Waals surface area (Å²) in [7, 11) is 0. The summed E-state index contributed by atoms with van der Waals surface area (Å²) in [5, 5.41) is 6.35. The molecule has 2 aliphatic rings. The lowest BCUT2D eigenvalue weighted by Crippen LogP contribution is -2.42. The molecule has 6 heteroatoms. The molecule has 2 heterocycles. The van der Waals surface area contributed by atoms with Gasteiger partial charge in [-0.2, -0.15) is 0 Å². The Kier molecular flexibility index (Phi) is 5.46. The van der Waals surface area contributed by atoms with E-state index >= 15 is 0 Å². The molecule has 0 spiro atoms. The van der Waals surface area contributed by atoms with Crippen molar-refractivity contribution in [3.05, 3.63) is 34.9 Å². The van der Waals surface area contributed by atoms with Crippen LogP contribution in [-0.2, 0) is 4.79 Å². The summed E-state index contributed by atoms with van der Waals surface area (Å²) >= 11 is 1.80. The quantitative estimate of drug-likeness (QED) is 0.867. The van der Waals surface area contributed by atoms with Crippen molar-refractivity contribution in [3.63, 3.8) is 0 Å². The van der Waals surface area contributed by atoms with E-state index in [-0.39, 0.29) is 17.9 Å². The Labute approximate surface area is 147 Å². The molecule has 2 aliphatic heterocycles. The van der Waals surface area contributed by atoms with Crippen molar-refractivity contribution < 1.29 is 9.59 Å². The highest BCUT2D eigenvalue weighted by atomic mass is 32.2. The molecule has 2 amide bonds. The predicted octanol–water partition coefficient (Wildman–Crippen LogP) is 1.54. The Morgan fingerprint density at radius 3 is 2.96 bits per heavy atom. The van der Waals surface area contributed by atoms with Crippen molar-refractivity contribution in [2.75, 3.05) is 31.3 Å². The average Bonchev–Trinajstić information content (AvgIpc) is 3.26. The summed E-state index contributed by atoms with van der Waals surface area (Å²) in [4.78, 5) is 26.7. The third-order valence-corrected chi connectivity index (χ3v) is 5.95. The molecule has 2 fully saturated rings. The predicted molar refractivity (Wildman–Crippen MR) is 97.2 cm³/mol. The molecular weight excluding hydrogens is 322 g/mol. The fourth-order valence-electron chi connectivity index (χ4n) is 3.29. The van der Waals surface area contributed by atoms with Crippen molar-refractivity contribution in [1.29, 1.82) is 0 Å². The van der Waals surface area contributed by atoms with E-state index in [1.165, 1.54) is 0 Å². The maximum absolute atomic E-state index is 12.4. The van der Waals surface area contributed by atoms with Gasteiger partial charge in [0.25, 0.3) is 5.91 Å². The van der Waals surface area contributed by atoms with E-state index in [1.54, 1.807) is 11.8 Å². The summed E-state index contributed by atoms with van der Waals surface area (Å²) in [6.07, 6.45) is 0.799. The number of nitrogens with one attached hydrogen (secondary N) is 2. The average molecular weight is 347 g/mol. The van der Waals surface area contributed by atoms with E-state index in [4.69, 9.17) is 0 Å². The first kappa shape index (κ1) is 17.3. The van der Waals surface area contributed by atoms with Crippen molar-refractivity contribution >= 4 is 23.6 Å². The maximum atomic E-state index is 12.4. The number of hydrogen-bond acceptors (Lipinski definition) is 4. The molecule has 2 N–H and O–H groups in total. The molecule has 0 aliphatic carbocycles. The number of nitrogens with zero attached hydrogens (tertiary/aromatic N) is 1. The van der Waals surface area contributed by atoms with Gasteiger partial charge in [-0.05, 0) is 43.4 Å². The molecule has 130 valence electrons. The van der Waals surface area contributed by atoms with Gasteiger partial charge in [-0.1, -0.05) is 12.1 Å². The van der Waals surface area contributed by atoms with E-state index in [2.05, 4.69) is 10.6 Å². The van der Waals surface area contributed by atoms with Crippen LogP contribution in [0.2, 0.25) is 0 Å². The molecule has 0 bridgehead atoms. The van der Waals surface area contributed by atoms with Gasteiger partial charge in [0.1, 0.15) is 0 Å². The number of rotatable bonds is 4. The van der Waals surface area contributed by atoms with Crippen molar-refractivity contribution in [2.24, 2.45) is 5.92 Å². The number of benzene rings is 1. The normalized spacial score (nSPS) is 23.5. The molecule has 3 rings (SSSR count). The molecular formula is C18H25N3O2S. The van der Waals surface area contributed by atoms with Gasteiger partial charge in [0.05, 0.1) is 11.9 Å². The van der Waals surface area contributed by atoms with Crippen LogP contribution in [0.3, 0.4) is 0 Å². The Bertz CT molecular complexity index is 629. The summed E-state index contributed by atoms with van der Waals surface area (Å²) in [5.41, 5.74) is 2.89. The molecule has 0 radical (unpaired) electrons. The van der Waals surface area contributed by atoms with Crippen molar-refractivity contribution in [2.45, 2.75) is 26.3 Å². The van der Waals surface area contributed by atoms with E-state index in [0.29, 0.717) is 12.5 Å². The highest BCUT2D eigenvalue weighted by Crippen LogP contribution is 2.20. The van der Waals surface area contributed by atoms with Gasteiger partial charge in [0.2, 0.25) is 5.91 Å². The van der Waals surface area contributed by atoms with Gasteiger partial charge >= 0.3 is 0 Å².